The van der Waals surface area contributed by atoms with E-state index in [-0.39, 0.29) is 5.91 Å². The molecule has 2 aliphatic rings. The SMILES string of the molecule is Cn1cc(C(=O)NCC2CCN(C3C=CCCC3)CC2)cn1. The summed E-state index contributed by atoms with van der Waals surface area (Å²) in [5.74, 6) is 0.593. The van der Waals surface area contributed by atoms with Crippen LogP contribution in [0.4, 0.5) is 0 Å². The molecule has 1 amide bonds. The van der Waals surface area contributed by atoms with Crippen molar-refractivity contribution < 1.29 is 4.79 Å². The van der Waals surface area contributed by atoms with Crippen LogP contribution >= 0.6 is 0 Å². The van der Waals surface area contributed by atoms with E-state index in [1.807, 2.05) is 7.05 Å². The van der Waals surface area contributed by atoms with E-state index in [1.54, 1.807) is 17.1 Å². The molecule has 22 heavy (non-hydrogen) atoms. The molecule has 0 spiro atoms. The Morgan fingerprint density at radius 1 is 1.36 bits per heavy atom. The van der Waals surface area contributed by atoms with Crippen LogP contribution in [0.5, 0.6) is 0 Å². The summed E-state index contributed by atoms with van der Waals surface area (Å²) < 4.78 is 1.66. The first-order valence-corrected chi connectivity index (χ1v) is 8.40. The Morgan fingerprint density at radius 3 is 2.82 bits per heavy atom. The third kappa shape index (κ3) is 3.77. The molecule has 1 saturated heterocycles. The van der Waals surface area contributed by atoms with E-state index in [2.05, 4.69) is 27.5 Å². The zero-order chi connectivity index (χ0) is 15.4. The van der Waals surface area contributed by atoms with Crippen molar-refractivity contribution in [3.8, 4) is 0 Å². The van der Waals surface area contributed by atoms with E-state index < -0.39 is 0 Å². The van der Waals surface area contributed by atoms with E-state index in [9.17, 15) is 4.79 Å². The van der Waals surface area contributed by atoms with Crippen molar-refractivity contribution in [1.82, 2.24) is 20.0 Å². The summed E-state index contributed by atoms with van der Waals surface area (Å²) in [4.78, 5) is 14.6. The molecular formula is C17H26N4O. The molecule has 1 unspecified atom stereocenters. The lowest BCUT2D eigenvalue weighted by Crippen LogP contribution is -2.43. The lowest BCUT2D eigenvalue weighted by atomic mass is 9.93. The average molecular weight is 302 g/mol. The lowest BCUT2D eigenvalue weighted by Gasteiger charge is -2.37. The van der Waals surface area contributed by atoms with Gasteiger partial charge in [0.25, 0.3) is 5.91 Å². The lowest BCUT2D eigenvalue weighted by molar-refractivity contribution is 0.0929. The number of hydrogen-bond acceptors (Lipinski definition) is 3. The summed E-state index contributed by atoms with van der Waals surface area (Å²) in [6, 6.07) is 0.652. The third-order valence-electron chi connectivity index (χ3n) is 4.87. The monoisotopic (exact) mass is 302 g/mol. The van der Waals surface area contributed by atoms with Crippen LogP contribution in [0.1, 0.15) is 42.5 Å². The number of rotatable bonds is 4. The predicted molar refractivity (Wildman–Crippen MR) is 86.6 cm³/mol. The highest BCUT2D eigenvalue weighted by molar-refractivity contribution is 5.93. The number of amides is 1. The van der Waals surface area contributed by atoms with Crippen molar-refractivity contribution >= 4 is 5.91 Å². The maximum Gasteiger partial charge on any atom is 0.254 e. The van der Waals surface area contributed by atoms with E-state index >= 15 is 0 Å². The molecule has 1 aliphatic heterocycles. The first-order chi connectivity index (χ1) is 10.7. The normalized spacial score (nSPS) is 23.6. The van der Waals surface area contributed by atoms with Gasteiger partial charge in [0.2, 0.25) is 0 Å². The van der Waals surface area contributed by atoms with E-state index in [1.165, 1.54) is 32.1 Å². The highest BCUT2D eigenvalue weighted by atomic mass is 16.1. The fourth-order valence-electron chi connectivity index (χ4n) is 3.46. The largest absolute Gasteiger partial charge is 0.352 e. The molecule has 0 aromatic carbocycles. The minimum Gasteiger partial charge on any atom is -0.352 e. The van der Waals surface area contributed by atoms with Crippen molar-refractivity contribution in [2.45, 2.75) is 38.1 Å². The summed E-state index contributed by atoms with van der Waals surface area (Å²) in [5, 5.41) is 7.09. The first kappa shape index (κ1) is 15.3. The van der Waals surface area contributed by atoms with Gasteiger partial charge in [0, 0.05) is 25.8 Å². The minimum atomic E-state index is -0.00857. The van der Waals surface area contributed by atoms with E-state index in [4.69, 9.17) is 0 Å². The molecule has 5 heteroatoms. The highest BCUT2D eigenvalue weighted by Gasteiger charge is 2.24. The topological polar surface area (TPSA) is 50.2 Å². The van der Waals surface area contributed by atoms with Crippen LogP contribution < -0.4 is 5.32 Å². The van der Waals surface area contributed by atoms with Crippen molar-refractivity contribution in [2.24, 2.45) is 13.0 Å². The zero-order valence-corrected chi connectivity index (χ0v) is 13.4. The van der Waals surface area contributed by atoms with Gasteiger partial charge in [-0.2, -0.15) is 5.10 Å². The van der Waals surface area contributed by atoms with Gasteiger partial charge in [-0.15, -0.1) is 0 Å². The van der Waals surface area contributed by atoms with Crippen molar-refractivity contribution in [3.05, 3.63) is 30.1 Å². The molecular weight excluding hydrogens is 276 g/mol. The number of hydrogen-bond donors (Lipinski definition) is 1. The molecule has 1 aromatic rings. The highest BCUT2D eigenvalue weighted by Crippen LogP contribution is 2.23. The molecule has 1 N–H and O–H groups in total. The predicted octanol–water partition coefficient (Wildman–Crippen LogP) is 1.97. The second kappa shape index (κ2) is 7.09. The van der Waals surface area contributed by atoms with Crippen molar-refractivity contribution in [2.75, 3.05) is 19.6 Å². The van der Waals surface area contributed by atoms with Gasteiger partial charge in [0.1, 0.15) is 0 Å². The number of aromatic nitrogens is 2. The molecule has 1 aromatic heterocycles. The quantitative estimate of drug-likeness (QED) is 0.865. The van der Waals surface area contributed by atoms with E-state index in [0.717, 1.165) is 19.6 Å². The number of carbonyl (C=O) groups is 1. The summed E-state index contributed by atoms with van der Waals surface area (Å²) in [6.07, 6.45) is 14.3. The summed E-state index contributed by atoms with van der Waals surface area (Å²) in [6.45, 7) is 3.09. The second-order valence-electron chi connectivity index (χ2n) is 6.52. The summed E-state index contributed by atoms with van der Waals surface area (Å²) in [7, 11) is 1.83. The third-order valence-corrected chi connectivity index (χ3v) is 4.87. The number of allylic oxidation sites excluding steroid dienone is 1. The average Bonchev–Trinajstić information content (AvgIpc) is 3.00. The molecule has 3 rings (SSSR count). The Morgan fingerprint density at radius 2 is 2.18 bits per heavy atom. The molecule has 1 aliphatic carbocycles. The van der Waals surface area contributed by atoms with Gasteiger partial charge in [-0.3, -0.25) is 14.4 Å². The van der Waals surface area contributed by atoms with Crippen molar-refractivity contribution in [3.63, 3.8) is 0 Å². The number of carbonyl (C=O) groups excluding carboxylic acids is 1. The van der Waals surface area contributed by atoms with Gasteiger partial charge in [-0.25, -0.2) is 0 Å². The van der Waals surface area contributed by atoms with Gasteiger partial charge in [0.05, 0.1) is 11.8 Å². The number of nitrogens with zero attached hydrogens (tertiary/aromatic N) is 3. The molecule has 120 valence electrons. The maximum absolute atomic E-state index is 12.0. The fourth-order valence-corrected chi connectivity index (χ4v) is 3.46. The first-order valence-electron chi connectivity index (χ1n) is 8.40. The Bertz CT molecular complexity index is 529. The molecule has 5 nitrogen and oxygen atoms in total. The fraction of sp³-hybridized carbons (Fsp3) is 0.647. The van der Waals surface area contributed by atoms with Gasteiger partial charge in [-0.1, -0.05) is 12.2 Å². The number of nitrogens with one attached hydrogen (secondary N) is 1. The van der Waals surface area contributed by atoms with Crippen LogP contribution in [0.2, 0.25) is 0 Å². The van der Waals surface area contributed by atoms with Crippen LogP contribution in [0, 0.1) is 5.92 Å². The molecule has 0 bridgehead atoms. The van der Waals surface area contributed by atoms with Crippen LogP contribution in [-0.4, -0.2) is 46.3 Å². The Balaban J connectivity index is 1.41. The number of aryl methyl sites for hydroxylation is 1. The Kier molecular flexibility index (Phi) is 4.93. The zero-order valence-electron chi connectivity index (χ0n) is 13.4. The molecule has 2 heterocycles. The molecule has 1 atom stereocenters. The van der Waals surface area contributed by atoms with E-state index in [0.29, 0.717) is 17.5 Å². The second-order valence-corrected chi connectivity index (χ2v) is 6.52. The number of piperidine rings is 1. The standard InChI is InChI=1S/C17H26N4O/c1-20-13-15(12-19-20)17(22)18-11-14-7-9-21(10-8-14)16-5-3-2-4-6-16/h3,5,12-14,16H,2,4,6-11H2,1H3,(H,18,22). The molecule has 0 radical (unpaired) electrons. The van der Waals surface area contributed by atoms with Crippen LogP contribution in [0.25, 0.3) is 0 Å². The Hall–Kier alpha value is -1.62. The smallest absolute Gasteiger partial charge is 0.254 e. The van der Waals surface area contributed by atoms with Gasteiger partial charge in [-0.05, 0) is 51.1 Å². The minimum absolute atomic E-state index is 0.00857. The summed E-state index contributed by atoms with van der Waals surface area (Å²) >= 11 is 0. The summed E-state index contributed by atoms with van der Waals surface area (Å²) in [5.41, 5.74) is 0.646. The van der Waals surface area contributed by atoms with Crippen LogP contribution in [-0.2, 0) is 7.05 Å². The maximum atomic E-state index is 12.0. The number of likely N-dealkylation sites (tertiary alicyclic amines) is 1. The van der Waals surface area contributed by atoms with Crippen LogP contribution in [0.3, 0.4) is 0 Å². The molecule has 1 fully saturated rings. The van der Waals surface area contributed by atoms with Crippen molar-refractivity contribution in [1.29, 1.82) is 0 Å². The Labute approximate surface area is 132 Å². The molecule has 0 saturated carbocycles. The van der Waals surface area contributed by atoms with Gasteiger partial charge < -0.3 is 5.32 Å². The van der Waals surface area contributed by atoms with Gasteiger partial charge >= 0.3 is 0 Å². The van der Waals surface area contributed by atoms with Crippen LogP contribution in [0.15, 0.2) is 24.5 Å². The van der Waals surface area contributed by atoms with Gasteiger partial charge in [0.15, 0.2) is 0 Å².